The minimum Gasteiger partial charge on any atom is -0.396 e. The fraction of sp³-hybridized carbons (Fsp3) is 0.571. The maximum Gasteiger partial charge on any atom is 0.0446 e. The second-order valence-electron chi connectivity index (χ2n) is 4.21. The van der Waals surface area contributed by atoms with Crippen molar-refractivity contribution >= 4 is 11.8 Å². The van der Waals surface area contributed by atoms with Crippen LogP contribution in [0, 0.1) is 6.92 Å². The van der Waals surface area contributed by atoms with E-state index in [0.29, 0.717) is 6.04 Å². The second kappa shape index (κ2) is 8.56. The second-order valence-corrected chi connectivity index (χ2v) is 5.24. The molecular formula is C14H23NOS. The van der Waals surface area contributed by atoms with Gasteiger partial charge in [0, 0.05) is 24.2 Å². The van der Waals surface area contributed by atoms with Crippen LogP contribution in [0.2, 0.25) is 0 Å². The summed E-state index contributed by atoms with van der Waals surface area (Å²) in [5.41, 5.74) is 2.78. The molecule has 0 aliphatic heterocycles. The molecule has 1 rings (SSSR count). The third-order valence-corrected chi connectivity index (χ3v) is 3.96. The van der Waals surface area contributed by atoms with Crippen LogP contribution in [-0.4, -0.2) is 30.1 Å². The molecule has 0 saturated carbocycles. The van der Waals surface area contributed by atoms with Crippen LogP contribution < -0.4 is 5.32 Å². The van der Waals surface area contributed by atoms with Crippen LogP contribution in [-0.2, 0) is 5.75 Å². The Bertz CT molecular complexity index is 311. The number of hydrogen-bond acceptors (Lipinski definition) is 3. The zero-order valence-corrected chi connectivity index (χ0v) is 11.6. The van der Waals surface area contributed by atoms with Crippen molar-refractivity contribution in [1.82, 2.24) is 5.32 Å². The topological polar surface area (TPSA) is 32.3 Å². The molecule has 1 unspecified atom stereocenters. The first-order valence-electron chi connectivity index (χ1n) is 6.24. The highest BCUT2D eigenvalue weighted by atomic mass is 32.2. The summed E-state index contributed by atoms with van der Waals surface area (Å²) < 4.78 is 0. The van der Waals surface area contributed by atoms with Gasteiger partial charge in [0.25, 0.3) is 0 Å². The number of rotatable bonds is 8. The molecule has 0 aliphatic carbocycles. The zero-order chi connectivity index (χ0) is 12.5. The van der Waals surface area contributed by atoms with Crippen LogP contribution in [0.15, 0.2) is 24.3 Å². The van der Waals surface area contributed by atoms with E-state index in [1.807, 2.05) is 11.8 Å². The highest BCUT2D eigenvalue weighted by Crippen LogP contribution is 2.17. The van der Waals surface area contributed by atoms with Crippen LogP contribution in [0.4, 0.5) is 0 Å². The summed E-state index contributed by atoms with van der Waals surface area (Å²) in [5, 5.41) is 12.4. The highest BCUT2D eigenvalue weighted by molar-refractivity contribution is 7.98. The number of hydrogen-bond donors (Lipinski definition) is 2. The van der Waals surface area contributed by atoms with E-state index in [0.717, 1.165) is 24.5 Å². The van der Waals surface area contributed by atoms with Crippen molar-refractivity contribution in [2.24, 2.45) is 0 Å². The normalized spacial score (nSPS) is 12.6. The Labute approximate surface area is 109 Å². The monoisotopic (exact) mass is 253 g/mol. The van der Waals surface area contributed by atoms with E-state index < -0.39 is 0 Å². The van der Waals surface area contributed by atoms with Crippen molar-refractivity contribution in [3.05, 3.63) is 35.4 Å². The summed E-state index contributed by atoms with van der Waals surface area (Å²) in [7, 11) is 0. The standard InChI is InChI=1S/C14H23NOS/c1-3-15-14(8-9-16)11-17-10-13-7-5-4-6-12(13)2/h4-7,14-16H,3,8-11H2,1-2H3. The van der Waals surface area contributed by atoms with E-state index in [-0.39, 0.29) is 6.61 Å². The van der Waals surface area contributed by atoms with Gasteiger partial charge in [-0.1, -0.05) is 31.2 Å². The number of aliphatic hydroxyl groups is 1. The lowest BCUT2D eigenvalue weighted by Crippen LogP contribution is -2.32. The first kappa shape index (κ1) is 14.6. The number of aliphatic hydroxyl groups excluding tert-OH is 1. The van der Waals surface area contributed by atoms with Gasteiger partial charge in [0.15, 0.2) is 0 Å². The first-order chi connectivity index (χ1) is 8.27. The van der Waals surface area contributed by atoms with Crippen molar-refractivity contribution in [3.63, 3.8) is 0 Å². The molecule has 1 atom stereocenters. The van der Waals surface area contributed by atoms with Crippen LogP contribution in [0.25, 0.3) is 0 Å². The number of nitrogens with one attached hydrogen (secondary N) is 1. The average Bonchev–Trinajstić information content (AvgIpc) is 2.32. The lowest BCUT2D eigenvalue weighted by molar-refractivity contribution is 0.271. The third kappa shape index (κ3) is 5.57. The molecule has 0 heterocycles. The lowest BCUT2D eigenvalue weighted by atomic mass is 10.1. The molecule has 2 nitrogen and oxygen atoms in total. The van der Waals surface area contributed by atoms with Gasteiger partial charge >= 0.3 is 0 Å². The van der Waals surface area contributed by atoms with Crippen molar-refractivity contribution in [2.45, 2.75) is 32.1 Å². The molecule has 0 aliphatic rings. The van der Waals surface area contributed by atoms with Gasteiger partial charge in [0.05, 0.1) is 0 Å². The van der Waals surface area contributed by atoms with Gasteiger partial charge in [-0.25, -0.2) is 0 Å². The molecule has 17 heavy (non-hydrogen) atoms. The van der Waals surface area contributed by atoms with Gasteiger partial charge in [-0.05, 0) is 31.0 Å². The van der Waals surface area contributed by atoms with Gasteiger partial charge in [-0.15, -0.1) is 0 Å². The predicted molar refractivity (Wildman–Crippen MR) is 76.5 cm³/mol. The molecule has 0 saturated heterocycles. The van der Waals surface area contributed by atoms with Crippen LogP contribution in [0.5, 0.6) is 0 Å². The number of thioether (sulfide) groups is 1. The Balaban J connectivity index is 2.33. The first-order valence-corrected chi connectivity index (χ1v) is 7.40. The Morgan fingerprint density at radius 2 is 2.12 bits per heavy atom. The van der Waals surface area contributed by atoms with Crippen LogP contribution in [0.1, 0.15) is 24.5 Å². The molecule has 0 bridgehead atoms. The Kier molecular flexibility index (Phi) is 7.33. The van der Waals surface area contributed by atoms with Crippen LogP contribution >= 0.6 is 11.8 Å². The minimum atomic E-state index is 0.266. The van der Waals surface area contributed by atoms with E-state index in [9.17, 15) is 0 Å². The van der Waals surface area contributed by atoms with Gasteiger partial charge in [-0.3, -0.25) is 0 Å². The summed E-state index contributed by atoms with van der Waals surface area (Å²) in [6.07, 6.45) is 0.842. The molecule has 0 amide bonds. The van der Waals surface area contributed by atoms with E-state index in [2.05, 4.69) is 43.4 Å². The Hall–Kier alpha value is -0.510. The van der Waals surface area contributed by atoms with Crippen LogP contribution in [0.3, 0.4) is 0 Å². The highest BCUT2D eigenvalue weighted by Gasteiger charge is 2.06. The fourth-order valence-electron chi connectivity index (χ4n) is 1.77. The third-order valence-electron chi connectivity index (χ3n) is 2.81. The molecule has 0 spiro atoms. The molecule has 0 fully saturated rings. The van der Waals surface area contributed by atoms with E-state index in [1.165, 1.54) is 11.1 Å². The van der Waals surface area contributed by atoms with Crippen molar-refractivity contribution in [1.29, 1.82) is 0 Å². The molecule has 0 radical (unpaired) electrons. The van der Waals surface area contributed by atoms with Gasteiger partial charge in [0.1, 0.15) is 0 Å². The quantitative estimate of drug-likeness (QED) is 0.747. The molecule has 3 heteroatoms. The molecule has 96 valence electrons. The SMILES string of the molecule is CCNC(CCO)CSCc1ccccc1C. The van der Waals surface area contributed by atoms with E-state index in [1.54, 1.807) is 0 Å². The summed E-state index contributed by atoms with van der Waals surface area (Å²) in [6, 6.07) is 8.95. The number of aryl methyl sites for hydroxylation is 1. The molecular weight excluding hydrogens is 230 g/mol. The van der Waals surface area contributed by atoms with Crippen molar-refractivity contribution in [2.75, 3.05) is 18.9 Å². The molecule has 1 aromatic rings. The smallest absolute Gasteiger partial charge is 0.0446 e. The predicted octanol–water partition coefficient (Wildman–Crippen LogP) is 2.59. The Morgan fingerprint density at radius 3 is 2.76 bits per heavy atom. The maximum absolute atomic E-state index is 8.97. The van der Waals surface area contributed by atoms with E-state index >= 15 is 0 Å². The Morgan fingerprint density at radius 1 is 1.35 bits per heavy atom. The molecule has 0 aromatic heterocycles. The lowest BCUT2D eigenvalue weighted by Gasteiger charge is -2.16. The largest absolute Gasteiger partial charge is 0.396 e. The van der Waals surface area contributed by atoms with Crippen molar-refractivity contribution < 1.29 is 5.11 Å². The summed E-state index contributed by atoms with van der Waals surface area (Å²) in [6.45, 7) is 5.50. The van der Waals surface area contributed by atoms with Gasteiger partial charge < -0.3 is 10.4 Å². The summed E-state index contributed by atoms with van der Waals surface area (Å²) in [5.74, 6) is 2.11. The minimum absolute atomic E-state index is 0.266. The van der Waals surface area contributed by atoms with Gasteiger partial charge in [-0.2, -0.15) is 11.8 Å². The zero-order valence-electron chi connectivity index (χ0n) is 10.8. The fourth-order valence-corrected chi connectivity index (χ4v) is 3.00. The summed E-state index contributed by atoms with van der Waals surface area (Å²) in [4.78, 5) is 0. The number of benzene rings is 1. The molecule has 2 N–H and O–H groups in total. The average molecular weight is 253 g/mol. The summed E-state index contributed by atoms with van der Waals surface area (Å²) >= 11 is 1.93. The van der Waals surface area contributed by atoms with E-state index in [4.69, 9.17) is 5.11 Å². The molecule has 1 aromatic carbocycles. The van der Waals surface area contributed by atoms with Crippen molar-refractivity contribution in [3.8, 4) is 0 Å². The maximum atomic E-state index is 8.97. The van der Waals surface area contributed by atoms with Gasteiger partial charge in [0.2, 0.25) is 0 Å².